The quantitative estimate of drug-likeness (QED) is 0.695. The highest BCUT2D eigenvalue weighted by atomic mass is 16.3. The summed E-state index contributed by atoms with van der Waals surface area (Å²) in [5, 5.41) is 9.39. The predicted molar refractivity (Wildman–Crippen MR) is 54.7 cm³/mol. The van der Waals surface area contributed by atoms with Gasteiger partial charge in [-0.25, -0.2) is 0 Å². The number of nitrogens with two attached hydrogens (primary N) is 1. The van der Waals surface area contributed by atoms with Gasteiger partial charge in [0.2, 0.25) is 0 Å². The summed E-state index contributed by atoms with van der Waals surface area (Å²) in [5.41, 5.74) is 5.35. The third-order valence-electron chi connectivity index (χ3n) is 2.15. The van der Waals surface area contributed by atoms with Gasteiger partial charge >= 0.3 is 0 Å². The fourth-order valence-corrected chi connectivity index (χ4v) is 1.30. The van der Waals surface area contributed by atoms with E-state index in [1.807, 2.05) is 19.1 Å². The Kier molecular flexibility index (Phi) is 4.65. The summed E-state index contributed by atoms with van der Waals surface area (Å²) < 4.78 is 5.23. The van der Waals surface area contributed by atoms with Crippen molar-refractivity contribution in [2.24, 2.45) is 5.73 Å². The first-order valence-corrected chi connectivity index (χ1v) is 4.89. The minimum absolute atomic E-state index is 0.300. The molecule has 0 aliphatic rings. The van der Waals surface area contributed by atoms with Crippen LogP contribution in [0, 0.1) is 0 Å². The van der Waals surface area contributed by atoms with Gasteiger partial charge in [-0.2, -0.15) is 0 Å². The first-order valence-electron chi connectivity index (χ1n) is 4.89. The standard InChI is InChI=1S/C10H18N2O2/c1-2-12(7-9(13)6-11)8-10-4-3-5-14-10/h3-5,9,13H,2,6-8,11H2,1H3. The largest absolute Gasteiger partial charge is 0.468 e. The summed E-state index contributed by atoms with van der Waals surface area (Å²) in [6, 6.07) is 3.79. The first kappa shape index (κ1) is 11.2. The molecule has 1 rings (SSSR count). The number of furan rings is 1. The fourth-order valence-electron chi connectivity index (χ4n) is 1.30. The second kappa shape index (κ2) is 5.80. The van der Waals surface area contributed by atoms with Crippen LogP contribution < -0.4 is 5.73 Å². The number of aliphatic hydroxyl groups excluding tert-OH is 1. The lowest BCUT2D eigenvalue weighted by atomic mass is 10.3. The van der Waals surface area contributed by atoms with E-state index in [4.69, 9.17) is 10.2 Å². The molecular formula is C10H18N2O2. The lowest BCUT2D eigenvalue weighted by Gasteiger charge is -2.21. The summed E-state index contributed by atoms with van der Waals surface area (Å²) in [6.07, 6.45) is 1.20. The Morgan fingerprint density at radius 1 is 1.64 bits per heavy atom. The molecule has 1 aromatic heterocycles. The molecule has 0 saturated heterocycles. The number of nitrogens with zero attached hydrogens (tertiary/aromatic N) is 1. The van der Waals surface area contributed by atoms with Crippen LogP contribution in [0.3, 0.4) is 0 Å². The Morgan fingerprint density at radius 2 is 2.43 bits per heavy atom. The number of aliphatic hydroxyl groups is 1. The minimum atomic E-state index is -0.454. The van der Waals surface area contributed by atoms with Gasteiger partial charge in [0.25, 0.3) is 0 Å². The molecule has 0 saturated carbocycles. The molecule has 1 unspecified atom stereocenters. The van der Waals surface area contributed by atoms with E-state index in [-0.39, 0.29) is 0 Å². The molecule has 4 nitrogen and oxygen atoms in total. The zero-order chi connectivity index (χ0) is 10.4. The predicted octanol–water partition coefficient (Wildman–Crippen LogP) is 0.421. The molecule has 1 aromatic rings. The average molecular weight is 198 g/mol. The van der Waals surface area contributed by atoms with Gasteiger partial charge in [-0.15, -0.1) is 0 Å². The molecule has 0 aliphatic carbocycles. The molecule has 0 spiro atoms. The van der Waals surface area contributed by atoms with Crippen LogP contribution in [0.5, 0.6) is 0 Å². The van der Waals surface area contributed by atoms with E-state index >= 15 is 0 Å². The third-order valence-corrected chi connectivity index (χ3v) is 2.15. The summed E-state index contributed by atoms with van der Waals surface area (Å²) in [6.45, 7) is 4.53. The highest BCUT2D eigenvalue weighted by Crippen LogP contribution is 2.05. The molecule has 80 valence electrons. The molecule has 1 heterocycles. The molecule has 0 amide bonds. The van der Waals surface area contributed by atoms with Crippen LogP contribution >= 0.6 is 0 Å². The van der Waals surface area contributed by atoms with Crippen LogP contribution in [0.4, 0.5) is 0 Å². The summed E-state index contributed by atoms with van der Waals surface area (Å²) in [7, 11) is 0. The van der Waals surface area contributed by atoms with E-state index in [0.29, 0.717) is 13.1 Å². The van der Waals surface area contributed by atoms with E-state index in [9.17, 15) is 5.11 Å². The topological polar surface area (TPSA) is 62.6 Å². The summed E-state index contributed by atoms with van der Waals surface area (Å²) in [5.74, 6) is 0.913. The average Bonchev–Trinajstić information content (AvgIpc) is 2.69. The molecule has 1 atom stereocenters. The van der Waals surface area contributed by atoms with Gasteiger partial charge < -0.3 is 15.3 Å². The highest BCUT2D eigenvalue weighted by Gasteiger charge is 2.10. The Bertz CT molecular complexity index is 236. The van der Waals surface area contributed by atoms with Crippen LogP contribution in [-0.2, 0) is 6.54 Å². The number of hydrogen-bond acceptors (Lipinski definition) is 4. The number of hydrogen-bond donors (Lipinski definition) is 2. The Labute approximate surface area is 84.3 Å². The van der Waals surface area contributed by atoms with Crippen LogP contribution in [0.2, 0.25) is 0 Å². The van der Waals surface area contributed by atoms with Crippen molar-refractivity contribution in [3.8, 4) is 0 Å². The van der Waals surface area contributed by atoms with Gasteiger partial charge in [-0.3, -0.25) is 4.90 Å². The molecular weight excluding hydrogens is 180 g/mol. The van der Waals surface area contributed by atoms with Crippen molar-refractivity contribution in [3.05, 3.63) is 24.2 Å². The normalized spacial score (nSPS) is 13.4. The zero-order valence-corrected chi connectivity index (χ0v) is 8.52. The van der Waals surface area contributed by atoms with Gasteiger partial charge in [-0.1, -0.05) is 6.92 Å². The van der Waals surface area contributed by atoms with Crippen molar-refractivity contribution in [1.29, 1.82) is 0 Å². The van der Waals surface area contributed by atoms with Crippen molar-refractivity contribution in [2.75, 3.05) is 19.6 Å². The lowest BCUT2D eigenvalue weighted by molar-refractivity contribution is 0.113. The molecule has 0 aliphatic heterocycles. The van der Waals surface area contributed by atoms with Gasteiger partial charge in [0.15, 0.2) is 0 Å². The van der Waals surface area contributed by atoms with Crippen LogP contribution in [0.1, 0.15) is 12.7 Å². The summed E-state index contributed by atoms with van der Waals surface area (Å²) in [4.78, 5) is 2.09. The van der Waals surface area contributed by atoms with Crippen molar-refractivity contribution >= 4 is 0 Å². The van der Waals surface area contributed by atoms with Crippen LogP contribution in [0.15, 0.2) is 22.8 Å². The number of rotatable bonds is 6. The molecule has 0 radical (unpaired) electrons. The van der Waals surface area contributed by atoms with E-state index < -0.39 is 6.10 Å². The van der Waals surface area contributed by atoms with Crippen LogP contribution in [0.25, 0.3) is 0 Å². The second-order valence-electron chi connectivity index (χ2n) is 3.30. The molecule has 0 bridgehead atoms. The van der Waals surface area contributed by atoms with Crippen molar-refractivity contribution in [2.45, 2.75) is 19.6 Å². The number of likely N-dealkylation sites (N-methyl/N-ethyl adjacent to an activating group) is 1. The highest BCUT2D eigenvalue weighted by molar-refractivity contribution is 4.97. The smallest absolute Gasteiger partial charge is 0.117 e. The zero-order valence-electron chi connectivity index (χ0n) is 8.52. The SMILES string of the molecule is CCN(Cc1ccco1)CC(O)CN. The Balaban J connectivity index is 2.39. The molecule has 4 heteroatoms. The maximum absolute atomic E-state index is 9.39. The monoisotopic (exact) mass is 198 g/mol. The molecule has 0 fully saturated rings. The molecule has 14 heavy (non-hydrogen) atoms. The van der Waals surface area contributed by atoms with E-state index in [1.165, 1.54) is 0 Å². The van der Waals surface area contributed by atoms with Crippen molar-refractivity contribution in [1.82, 2.24) is 4.90 Å². The minimum Gasteiger partial charge on any atom is -0.468 e. The van der Waals surface area contributed by atoms with Crippen molar-refractivity contribution in [3.63, 3.8) is 0 Å². The summed E-state index contributed by atoms with van der Waals surface area (Å²) >= 11 is 0. The van der Waals surface area contributed by atoms with Crippen LogP contribution in [-0.4, -0.2) is 35.7 Å². The fraction of sp³-hybridized carbons (Fsp3) is 0.600. The Hall–Kier alpha value is -0.840. The maximum Gasteiger partial charge on any atom is 0.117 e. The third kappa shape index (κ3) is 3.49. The van der Waals surface area contributed by atoms with Gasteiger partial charge in [0.05, 0.1) is 18.9 Å². The van der Waals surface area contributed by atoms with E-state index in [1.54, 1.807) is 6.26 Å². The Morgan fingerprint density at radius 3 is 2.93 bits per heavy atom. The second-order valence-corrected chi connectivity index (χ2v) is 3.30. The maximum atomic E-state index is 9.39. The lowest BCUT2D eigenvalue weighted by Crippen LogP contribution is -2.35. The molecule has 0 aromatic carbocycles. The first-order chi connectivity index (χ1) is 6.76. The van der Waals surface area contributed by atoms with E-state index in [2.05, 4.69) is 4.90 Å². The van der Waals surface area contributed by atoms with Gasteiger partial charge in [0, 0.05) is 13.1 Å². The molecule has 3 N–H and O–H groups in total. The van der Waals surface area contributed by atoms with Gasteiger partial charge in [0.1, 0.15) is 5.76 Å². The van der Waals surface area contributed by atoms with Crippen molar-refractivity contribution < 1.29 is 9.52 Å². The van der Waals surface area contributed by atoms with Gasteiger partial charge in [-0.05, 0) is 18.7 Å². The van der Waals surface area contributed by atoms with E-state index in [0.717, 1.165) is 18.8 Å².